The van der Waals surface area contributed by atoms with E-state index < -0.39 is 11.7 Å². The van der Waals surface area contributed by atoms with E-state index in [4.69, 9.17) is 4.74 Å². The van der Waals surface area contributed by atoms with Crippen molar-refractivity contribution in [1.82, 2.24) is 15.1 Å². The maximum atomic E-state index is 11.9. The van der Waals surface area contributed by atoms with Crippen molar-refractivity contribution >= 4 is 12.0 Å². The molecule has 1 aliphatic carbocycles. The largest absolute Gasteiger partial charge is 0.444 e. The van der Waals surface area contributed by atoms with Crippen LogP contribution in [0, 0.1) is 0 Å². The van der Waals surface area contributed by atoms with Gasteiger partial charge in [0.25, 0.3) is 0 Å². The van der Waals surface area contributed by atoms with Crippen LogP contribution in [0.15, 0.2) is 12.2 Å². The fourth-order valence-electron chi connectivity index (χ4n) is 1.86. The lowest BCUT2D eigenvalue weighted by Crippen LogP contribution is -2.35. The van der Waals surface area contributed by atoms with Gasteiger partial charge in [0.2, 0.25) is 5.91 Å². The number of nitrogens with one attached hydrogen (secondary N) is 1. The Morgan fingerprint density at radius 1 is 1.23 bits per heavy atom. The number of likely N-dealkylation sites (N-methyl/N-ethyl adjacent to an activating group) is 2. The molecule has 126 valence electrons. The fourth-order valence-corrected chi connectivity index (χ4v) is 1.86. The zero-order chi connectivity index (χ0) is 16.8. The van der Waals surface area contributed by atoms with E-state index in [0.717, 1.165) is 6.54 Å². The number of amides is 2. The molecule has 1 N–H and O–H groups in total. The quantitative estimate of drug-likeness (QED) is 0.726. The third kappa shape index (κ3) is 8.02. The minimum absolute atomic E-state index is 0.0600. The highest BCUT2D eigenvalue weighted by molar-refractivity contribution is 5.87. The van der Waals surface area contributed by atoms with Gasteiger partial charge in [-0.15, -0.1) is 0 Å². The van der Waals surface area contributed by atoms with E-state index in [1.54, 1.807) is 38.8 Å². The monoisotopic (exact) mass is 311 g/mol. The molecular formula is C16H29N3O3. The van der Waals surface area contributed by atoms with E-state index in [-0.39, 0.29) is 12.5 Å². The van der Waals surface area contributed by atoms with Crippen LogP contribution in [0.4, 0.5) is 4.79 Å². The molecule has 0 aromatic heterocycles. The van der Waals surface area contributed by atoms with Crippen LogP contribution in [-0.2, 0) is 9.53 Å². The fraction of sp³-hybridized carbons (Fsp3) is 0.750. The molecule has 0 aliphatic heterocycles. The molecule has 1 fully saturated rings. The van der Waals surface area contributed by atoms with Gasteiger partial charge in [-0.3, -0.25) is 4.79 Å². The first kappa shape index (κ1) is 18.5. The lowest BCUT2D eigenvalue weighted by molar-refractivity contribution is -0.124. The van der Waals surface area contributed by atoms with Gasteiger partial charge >= 0.3 is 6.09 Å². The molecule has 6 nitrogen and oxygen atoms in total. The Hall–Kier alpha value is -1.56. The first-order valence-electron chi connectivity index (χ1n) is 7.78. The van der Waals surface area contributed by atoms with Crippen molar-refractivity contribution in [2.75, 3.05) is 33.7 Å². The number of nitrogens with zero attached hydrogens (tertiary/aromatic N) is 2. The Kier molecular flexibility index (Phi) is 6.87. The van der Waals surface area contributed by atoms with Crippen molar-refractivity contribution in [3.63, 3.8) is 0 Å². The summed E-state index contributed by atoms with van der Waals surface area (Å²) in [5.74, 6) is -0.0600. The van der Waals surface area contributed by atoms with Crippen LogP contribution in [0.3, 0.4) is 0 Å². The van der Waals surface area contributed by atoms with Gasteiger partial charge in [-0.2, -0.15) is 0 Å². The predicted molar refractivity (Wildman–Crippen MR) is 86.7 cm³/mol. The van der Waals surface area contributed by atoms with Crippen LogP contribution < -0.4 is 5.32 Å². The molecule has 0 heterocycles. The van der Waals surface area contributed by atoms with Crippen LogP contribution in [0.5, 0.6) is 0 Å². The molecule has 1 aliphatic rings. The van der Waals surface area contributed by atoms with Gasteiger partial charge in [0.15, 0.2) is 0 Å². The van der Waals surface area contributed by atoms with Crippen molar-refractivity contribution in [2.24, 2.45) is 0 Å². The maximum Gasteiger partial charge on any atom is 0.407 e. The second-order valence-electron chi connectivity index (χ2n) is 6.76. The zero-order valence-electron chi connectivity index (χ0n) is 14.4. The number of alkyl carbamates (subject to hydrolysis) is 1. The summed E-state index contributed by atoms with van der Waals surface area (Å²) in [5, 5.41) is 2.58. The van der Waals surface area contributed by atoms with E-state index in [9.17, 15) is 9.59 Å². The lowest BCUT2D eigenvalue weighted by Gasteiger charge is -2.21. The van der Waals surface area contributed by atoms with Crippen LogP contribution in [0.25, 0.3) is 0 Å². The zero-order valence-corrected chi connectivity index (χ0v) is 14.4. The summed E-state index contributed by atoms with van der Waals surface area (Å²) in [4.78, 5) is 27.3. The van der Waals surface area contributed by atoms with Crippen LogP contribution >= 0.6 is 0 Å². The van der Waals surface area contributed by atoms with Gasteiger partial charge in [0, 0.05) is 38.8 Å². The van der Waals surface area contributed by atoms with E-state index in [2.05, 4.69) is 17.3 Å². The number of ether oxygens (including phenoxy) is 1. The maximum absolute atomic E-state index is 11.9. The van der Waals surface area contributed by atoms with Crippen molar-refractivity contribution in [3.05, 3.63) is 12.2 Å². The topological polar surface area (TPSA) is 61.9 Å². The molecular weight excluding hydrogens is 282 g/mol. The van der Waals surface area contributed by atoms with Gasteiger partial charge in [-0.05, 0) is 40.7 Å². The summed E-state index contributed by atoms with van der Waals surface area (Å²) in [5.41, 5.74) is -0.516. The van der Waals surface area contributed by atoms with E-state index in [0.29, 0.717) is 12.6 Å². The summed E-state index contributed by atoms with van der Waals surface area (Å²) >= 11 is 0. The van der Waals surface area contributed by atoms with Gasteiger partial charge in [-0.1, -0.05) is 6.08 Å². The molecule has 1 saturated carbocycles. The highest BCUT2D eigenvalue weighted by atomic mass is 16.6. The van der Waals surface area contributed by atoms with Crippen molar-refractivity contribution < 1.29 is 14.3 Å². The predicted octanol–water partition coefficient (Wildman–Crippen LogP) is 1.62. The Bertz CT molecular complexity index is 411. The van der Waals surface area contributed by atoms with Crippen molar-refractivity contribution in [1.29, 1.82) is 0 Å². The summed E-state index contributed by atoms with van der Waals surface area (Å²) in [6.45, 7) is 7.28. The normalized spacial score (nSPS) is 15.2. The molecule has 22 heavy (non-hydrogen) atoms. The molecule has 0 radical (unpaired) electrons. The first-order chi connectivity index (χ1) is 10.2. The molecule has 0 aromatic carbocycles. The standard InChI is InChI=1S/C16H29N3O3/c1-16(2,3)22-15(21)17-10-6-7-14(20)19(5)12-11-18(4)13-8-9-13/h6-7,13H,8-12H2,1-5H3,(H,17,21). The summed E-state index contributed by atoms with van der Waals surface area (Å²) in [7, 11) is 3.88. The van der Waals surface area contributed by atoms with Crippen LogP contribution in [0.2, 0.25) is 0 Å². The Balaban J connectivity index is 2.18. The SMILES string of the molecule is CN(CCN(C)C1CC1)C(=O)C=CCNC(=O)OC(C)(C)C. The summed E-state index contributed by atoms with van der Waals surface area (Å²) < 4.78 is 5.10. The number of rotatable bonds is 7. The van der Waals surface area contributed by atoms with Gasteiger partial charge in [0.1, 0.15) is 5.60 Å². The molecule has 2 amide bonds. The van der Waals surface area contributed by atoms with Crippen molar-refractivity contribution in [2.45, 2.75) is 45.3 Å². The third-order valence-electron chi connectivity index (χ3n) is 3.36. The number of carbonyl (C=O) groups excluding carboxylic acids is 2. The highest BCUT2D eigenvalue weighted by Crippen LogP contribution is 2.24. The average molecular weight is 311 g/mol. The Morgan fingerprint density at radius 3 is 2.41 bits per heavy atom. The Labute approximate surface area is 133 Å². The van der Waals surface area contributed by atoms with E-state index in [1.165, 1.54) is 18.9 Å². The molecule has 0 atom stereocenters. The van der Waals surface area contributed by atoms with Gasteiger partial charge in [0.05, 0.1) is 0 Å². The molecule has 0 unspecified atom stereocenters. The smallest absolute Gasteiger partial charge is 0.407 e. The number of hydrogen-bond acceptors (Lipinski definition) is 4. The van der Waals surface area contributed by atoms with E-state index >= 15 is 0 Å². The van der Waals surface area contributed by atoms with Crippen LogP contribution in [-0.4, -0.2) is 67.2 Å². The summed E-state index contributed by atoms with van der Waals surface area (Å²) in [6, 6.07) is 0.706. The van der Waals surface area contributed by atoms with Crippen LogP contribution in [0.1, 0.15) is 33.6 Å². The molecule has 0 spiro atoms. The molecule has 0 saturated heterocycles. The van der Waals surface area contributed by atoms with Crippen molar-refractivity contribution in [3.8, 4) is 0 Å². The third-order valence-corrected chi connectivity index (χ3v) is 3.36. The van der Waals surface area contributed by atoms with Gasteiger partial charge in [-0.25, -0.2) is 4.79 Å². The second kappa shape index (κ2) is 8.17. The molecule has 0 bridgehead atoms. The average Bonchev–Trinajstić information content (AvgIpc) is 3.22. The number of hydrogen-bond donors (Lipinski definition) is 1. The second-order valence-corrected chi connectivity index (χ2v) is 6.76. The first-order valence-corrected chi connectivity index (χ1v) is 7.78. The van der Waals surface area contributed by atoms with Gasteiger partial charge < -0.3 is 19.9 Å². The lowest BCUT2D eigenvalue weighted by atomic mass is 10.2. The summed E-state index contributed by atoms with van der Waals surface area (Å²) in [6.07, 6.45) is 5.17. The highest BCUT2D eigenvalue weighted by Gasteiger charge is 2.25. The molecule has 6 heteroatoms. The Morgan fingerprint density at radius 2 is 1.86 bits per heavy atom. The minimum atomic E-state index is -0.516. The minimum Gasteiger partial charge on any atom is -0.444 e. The molecule has 0 aromatic rings. The molecule has 1 rings (SSSR count). The number of carbonyl (C=O) groups is 2. The van der Waals surface area contributed by atoms with E-state index in [1.807, 2.05) is 0 Å².